The van der Waals surface area contributed by atoms with Gasteiger partial charge in [0.15, 0.2) is 5.82 Å². The second-order valence-electron chi connectivity index (χ2n) is 6.63. The Hall–Kier alpha value is -4.00. The Labute approximate surface area is 168 Å². The molecule has 144 valence electrons. The van der Waals surface area contributed by atoms with Crippen LogP contribution in [0.1, 0.15) is 21.7 Å². The minimum Gasteiger partial charge on any atom is -0.340 e. The summed E-state index contributed by atoms with van der Waals surface area (Å²) >= 11 is 0. The molecule has 0 atom stereocenters. The van der Waals surface area contributed by atoms with Crippen LogP contribution in [0.25, 0.3) is 5.82 Å². The average molecular weight is 384 g/mol. The molecule has 0 saturated heterocycles. The first-order valence-electron chi connectivity index (χ1n) is 9.18. The number of carbonyl (C=O) groups is 1. The van der Waals surface area contributed by atoms with E-state index in [4.69, 9.17) is 0 Å². The van der Waals surface area contributed by atoms with E-state index >= 15 is 0 Å². The van der Waals surface area contributed by atoms with E-state index in [0.29, 0.717) is 23.0 Å². The second kappa shape index (κ2) is 7.93. The highest BCUT2D eigenvalue weighted by molar-refractivity contribution is 6.04. The van der Waals surface area contributed by atoms with Crippen molar-refractivity contribution in [2.45, 2.75) is 13.8 Å². The minimum atomic E-state index is -0.138. The molecule has 0 bridgehead atoms. The van der Waals surface area contributed by atoms with Gasteiger partial charge in [-0.1, -0.05) is 17.7 Å². The average Bonchev–Trinajstić information content (AvgIpc) is 3.24. The summed E-state index contributed by atoms with van der Waals surface area (Å²) in [5.41, 5.74) is 3.31. The normalized spacial score (nSPS) is 10.6. The van der Waals surface area contributed by atoms with Crippen LogP contribution in [0.4, 0.5) is 17.2 Å². The summed E-state index contributed by atoms with van der Waals surface area (Å²) in [4.78, 5) is 21.2. The number of hydrogen-bond acceptors (Lipinski definition) is 5. The third-order valence-electron chi connectivity index (χ3n) is 4.29. The van der Waals surface area contributed by atoms with Crippen LogP contribution in [0.3, 0.4) is 0 Å². The zero-order chi connectivity index (χ0) is 20.2. The zero-order valence-corrected chi connectivity index (χ0v) is 16.1. The van der Waals surface area contributed by atoms with Crippen molar-refractivity contribution in [3.63, 3.8) is 0 Å². The van der Waals surface area contributed by atoms with Gasteiger partial charge in [-0.3, -0.25) is 4.79 Å². The van der Waals surface area contributed by atoms with Crippen molar-refractivity contribution in [2.75, 3.05) is 10.6 Å². The first-order valence-corrected chi connectivity index (χ1v) is 9.18. The molecule has 0 spiro atoms. The summed E-state index contributed by atoms with van der Waals surface area (Å²) in [6.07, 6.45) is 3.53. The van der Waals surface area contributed by atoms with E-state index in [1.165, 1.54) is 0 Å². The summed E-state index contributed by atoms with van der Waals surface area (Å²) in [7, 11) is 0. The molecule has 0 unspecified atom stereocenters. The predicted molar refractivity (Wildman–Crippen MR) is 113 cm³/mol. The lowest BCUT2D eigenvalue weighted by molar-refractivity contribution is 0.102. The van der Waals surface area contributed by atoms with Gasteiger partial charge in [0.1, 0.15) is 11.6 Å². The van der Waals surface area contributed by atoms with Crippen molar-refractivity contribution in [1.29, 1.82) is 0 Å². The fourth-order valence-corrected chi connectivity index (χ4v) is 2.83. The summed E-state index contributed by atoms with van der Waals surface area (Å²) in [6.45, 7) is 3.83. The molecule has 29 heavy (non-hydrogen) atoms. The van der Waals surface area contributed by atoms with Crippen molar-refractivity contribution in [1.82, 2.24) is 19.7 Å². The number of hydrogen-bond donors (Lipinski definition) is 2. The van der Waals surface area contributed by atoms with E-state index < -0.39 is 0 Å². The molecule has 2 N–H and O–H groups in total. The van der Waals surface area contributed by atoms with Gasteiger partial charge >= 0.3 is 0 Å². The Morgan fingerprint density at radius 1 is 0.931 bits per heavy atom. The van der Waals surface area contributed by atoms with Crippen molar-refractivity contribution >= 4 is 23.1 Å². The van der Waals surface area contributed by atoms with E-state index in [9.17, 15) is 4.79 Å². The maximum atomic E-state index is 12.3. The molecule has 0 aliphatic heterocycles. The minimum absolute atomic E-state index is 0.138. The third-order valence-corrected chi connectivity index (χ3v) is 4.29. The van der Waals surface area contributed by atoms with Crippen LogP contribution >= 0.6 is 0 Å². The molecule has 2 aromatic carbocycles. The fraction of sp³-hybridized carbons (Fsp3) is 0.0909. The highest BCUT2D eigenvalue weighted by Crippen LogP contribution is 2.20. The van der Waals surface area contributed by atoms with Gasteiger partial charge < -0.3 is 10.6 Å². The van der Waals surface area contributed by atoms with E-state index in [0.717, 1.165) is 16.9 Å². The number of rotatable bonds is 5. The lowest BCUT2D eigenvalue weighted by Crippen LogP contribution is -2.11. The second-order valence-corrected chi connectivity index (χ2v) is 6.63. The number of aromatic nitrogens is 4. The Bertz CT molecular complexity index is 1120. The maximum absolute atomic E-state index is 12.3. The molecule has 2 aromatic heterocycles. The Balaban J connectivity index is 1.46. The number of anilines is 3. The molecule has 4 aromatic rings. The molecular weight excluding hydrogens is 364 g/mol. The molecular formula is C22H20N6O. The maximum Gasteiger partial charge on any atom is 0.255 e. The van der Waals surface area contributed by atoms with Crippen molar-refractivity contribution < 1.29 is 4.79 Å². The number of amides is 1. The SMILES string of the molecule is Cc1ccc(C(=O)Nc2ccc(Nc3cc(-n4cccn4)nc(C)n3)cc2)cc1. The highest BCUT2D eigenvalue weighted by atomic mass is 16.1. The molecule has 0 aliphatic rings. The van der Waals surface area contributed by atoms with Gasteiger partial charge in [0, 0.05) is 35.4 Å². The fourth-order valence-electron chi connectivity index (χ4n) is 2.83. The van der Waals surface area contributed by atoms with Crippen LogP contribution in [0, 0.1) is 13.8 Å². The Morgan fingerprint density at radius 2 is 1.66 bits per heavy atom. The molecule has 1 amide bonds. The van der Waals surface area contributed by atoms with Gasteiger partial charge in [-0.15, -0.1) is 0 Å². The van der Waals surface area contributed by atoms with E-state index in [2.05, 4.69) is 25.7 Å². The summed E-state index contributed by atoms with van der Waals surface area (Å²) in [5, 5.41) is 10.4. The van der Waals surface area contributed by atoms with Crippen molar-refractivity contribution in [3.05, 3.63) is 90.0 Å². The van der Waals surface area contributed by atoms with Gasteiger partial charge in [0.25, 0.3) is 5.91 Å². The van der Waals surface area contributed by atoms with E-state index in [1.54, 1.807) is 10.9 Å². The smallest absolute Gasteiger partial charge is 0.255 e. The largest absolute Gasteiger partial charge is 0.340 e. The summed E-state index contributed by atoms with van der Waals surface area (Å²) < 4.78 is 1.68. The van der Waals surface area contributed by atoms with Crippen LogP contribution in [-0.4, -0.2) is 25.7 Å². The van der Waals surface area contributed by atoms with Gasteiger partial charge in [-0.2, -0.15) is 5.10 Å². The Morgan fingerprint density at radius 3 is 2.34 bits per heavy atom. The predicted octanol–water partition coefficient (Wildman–Crippen LogP) is 4.28. The van der Waals surface area contributed by atoms with Gasteiger partial charge in [0.2, 0.25) is 0 Å². The van der Waals surface area contributed by atoms with Gasteiger partial charge in [-0.05, 0) is 56.3 Å². The highest BCUT2D eigenvalue weighted by Gasteiger charge is 2.07. The Kier molecular flexibility index (Phi) is 5.03. The van der Waals surface area contributed by atoms with Gasteiger partial charge in [0.05, 0.1) is 0 Å². The van der Waals surface area contributed by atoms with Crippen LogP contribution in [0.15, 0.2) is 73.1 Å². The van der Waals surface area contributed by atoms with Crippen molar-refractivity contribution in [3.8, 4) is 5.82 Å². The first-order chi connectivity index (χ1) is 14.1. The number of nitrogens with zero attached hydrogens (tertiary/aromatic N) is 4. The molecule has 0 radical (unpaired) electrons. The molecule has 0 fully saturated rings. The standard InChI is InChI=1S/C22H20N6O/c1-15-4-6-17(7-5-15)22(29)27-19-10-8-18(9-11-19)26-20-14-21(25-16(2)24-20)28-13-3-12-23-28/h3-14H,1-2H3,(H,27,29)(H,24,25,26). The molecule has 0 saturated carbocycles. The number of aryl methyl sites for hydroxylation is 2. The summed E-state index contributed by atoms with van der Waals surface area (Å²) in [5.74, 6) is 1.86. The molecule has 7 nitrogen and oxygen atoms in total. The lowest BCUT2D eigenvalue weighted by Gasteiger charge is -2.10. The van der Waals surface area contributed by atoms with Crippen LogP contribution in [-0.2, 0) is 0 Å². The molecule has 2 heterocycles. The third kappa shape index (κ3) is 4.47. The van der Waals surface area contributed by atoms with Crippen LogP contribution < -0.4 is 10.6 Å². The first kappa shape index (κ1) is 18.4. The van der Waals surface area contributed by atoms with E-state index in [-0.39, 0.29) is 5.91 Å². The number of carbonyl (C=O) groups excluding carboxylic acids is 1. The monoisotopic (exact) mass is 384 g/mol. The van der Waals surface area contributed by atoms with Crippen LogP contribution in [0.2, 0.25) is 0 Å². The van der Waals surface area contributed by atoms with E-state index in [1.807, 2.05) is 80.7 Å². The number of nitrogens with one attached hydrogen (secondary N) is 2. The molecule has 0 aliphatic carbocycles. The zero-order valence-electron chi connectivity index (χ0n) is 16.1. The van der Waals surface area contributed by atoms with Crippen molar-refractivity contribution in [2.24, 2.45) is 0 Å². The molecule has 7 heteroatoms. The van der Waals surface area contributed by atoms with Gasteiger partial charge in [-0.25, -0.2) is 14.6 Å². The topological polar surface area (TPSA) is 84.7 Å². The molecule has 4 rings (SSSR count). The lowest BCUT2D eigenvalue weighted by atomic mass is 10.1. The van der Waals surface area contributed by atoms with Crippen LogP contribution in [0.5, 0.6) is 0 Å². The number of benzene rings is 2. The quantitative estimate of drug-likeness (QED) is 0.537. The summed E-state index contributed by atoms with van der Waals surface area (Å²) in [6, 6.07) is 18.6.